The second-order valence-electron chi connectivity index (χ2n) is 10.7. The Morgan fingerprint density at radius 2 is 2.00 bits per heavy atom. The van der Waals surface area contributed by atoms with Gasteiger partial charge in [-0.15, -0.1) is 0 Å². The Labute approximate surface area is 251 Å². The Balaban J connectivity index is 1.51. The van der Waals surface area contributed by atoms with Crippen LogP contribution in [0.3, 0.4) is 0 Å². The van der Waals surface area contributed by atoms with Gasteiger partial charge in [0.15, 0.2) is 5.83 Å². The molecule has 1 unspecified atom stereocenters. The van der Waals surface area contributed by atoms with E-state index in [-0.39, 0.29) is 50.2 Å². The van der Waals surface area contributed by atoms with Crippen molar-refractivity contribution in [2.24, 2.45) is 5.92 Å². The Morgan fingerprint density at radius 3 is 2.72 bits per heavy atom. The molecule has 0 bridgehead atoms. The third-order valence-electron chi connectivity index (χ3n) is 7.78. The van der Waals surface area contributed by atoms with Crippen molar-refractivity contribution in [3.8, 4) is 12.1 Å². The fourth-order valence-corrected chi connectivity index (χ4v) is 5.77. The number of piperazine rings is 1. The highest BCUT2D eigenvalue weighted by atomic mass is 35.5. The molecule has 2 aromatic carbocycles. The minimum absolute atomic E-state index is 0.0131. The van der Waals surface area contributed by atoms with Crippen molar-refractivity contribution >= 4 is 39.8 Å². The molecule has 43 heavy (non-hydrogen) atoms. The number of carbonyl (C=O) groups is 1. The van der Waals surface area contributed by atoms with E-state index in [2.05, 4.69) is 22.6 Å². The number of carbonyl (C=O) groups excluding carboxylic acids is 1. The molecule has 0 N–H and O–H groups in total. The topological polar surface area (TPSA) is 85.6 Å². The lowest BCUT2D eigenvalue weighted by Crippen LogP contribution is -2.55. The number of rotatable bonds is 8. The van der Waals surface area contributed by atoms with Crippen molar-refractivity contribution in [3.63, 3.8) is 0 Å². The van der Waals surface area contributed by atoms with Crippen molar-refractivity contribution in [3.05, 3.63) is 64.8 Å². The molecule has 1 fully saturated rings. The highest BCUT2D eigenvalue weighted by molar-refractivity contribution is 6.36. The van der Waals surface area contributed by atoms with Gasteiger partial charge in [0.05, 0.1) is 48.3 Å². The summed E-state index contributed by atoms with van der Waals surface area (Å²) in [6.07, 6.45) is -2.15. The zero-order valence-corrected chi connectivity index (χ0v) is 24.1. The first-order valence-corrected chi connectivity index (χ1v) is 14.2. The summed E-state index contributed by atoms with van der Waals surface area (Å²) in [6.45, 7) is 5.52. The van der Waals surface area contributed by atoms with E-state index in [4.69, 9.17) is 16.3 Å². The quantitative estimate of drug-likeness (QED) is 0.238. The lowest BCUT2D eigenvalue weighted by molar-refractivity contribution is -0.131. The Morgan fingerprint density at radius 1 is 1.21 bits per heavy atom. The van der Waals surface area contributed by atoms with E-state index in [9.17, 15) is 27.6 Å². The first-order valence-electron chi connectivity index (χ1n) is 13.8. The van der Waals surface area contributed by atoms with E-state index in [1.54, 1.807) is 6.07 Å². The van der Waals surface area contributed by atoms with Gasteiger partial charge in [-0.05, 0) is 23.9 Å². The fraction of sp³-hybridized carbons (Fsp3) is 0.400. The summed E-state index contributed by atoms with van der Waals surface area (Å²) in [5.41, 5.74) is 2.11. The van der Waals surface area contributed by atoms with Crippen LogP contribution in [0.5, 0.6) is 6.01 Å². The van der Waals surface area contributed by atoms with Gasteiger partial charge < -0.3 is 19.4 Å². The van der Waals surface area contributed by atoms with Gasteiger partial charge in [-0.3, -0.25) is 4.79 Å². The van der Waals surface area contributed by atoms with Gasteiger partial charge in [-0.25, -0.2) is 17.6 Å². The van der Waals surface area contributed by atoms with Gasteiger partial charge in [0.1, 0.15) is 11.6 Å². The molecule has 1 amide bonds. The highest BCUT2D eigenvalue weighted by Gasteiger charge is 2.35. The average Bonchev–Trinajstić information content (AvgIpc) is 3.00. The van der Waals surface area contributed by atoms with Crippen LogP contribution >= 0.6 is 11.6 Å². The summed E-state index contributed by atoms with van der Waals surface area (Å²) in [4.78, 5) is 26.8. The van der Waals surface area contributed by atoms with Crippen LogP contribution < -0.4 is 14.5 Å². The molecule has 2 aliphatic heterocycles. The molecule has 13 heteroatoms. The van der Waals surface area contributed by atoms with Gasteiger partial charge in [0.2, 0.25) is 6.43 Å². The Hall–Kier alpha value is -4.11. The molecule has 0 saturated carbocycles. The molecule has 2 aliphatic rings. The largest absolute Gasteiger partial charge is 0.463 e. The second kappa shape index (κ2) is 12.6. The molecule has 0 aliphatic carbocycles. The monoisotopic (exact) mass is 616 g/mol. The second-order valence-corrected chi connectivity index (χ2v) is 11.0. The number of nitrogens with zero attached hydrogens (tertiary/aromatic N) is 6. The lowest BCUT2D eigenvalue weighted by Gasteiger charge is -2.42. The number of hydrogen-bond acceptors (Lipinski definition) is 7. The molecule has 1 saturated heterocycles. The van der Waals surface area contributed by atoms with Crippen LogP contribution in [0.2, 0.25) is 5.02 Å². The lowest BCUT2D eigenvalue weighted by atomic mass is 10.0. The van der Waals surface area contributed by atoms with Crippen molar-refractivity contribution in [2.75, 3.05) is 42.6 Å². The molecule has 2 atom stereocenters. The third kappa shape index (κ3) is 6.18. The molecule has 3 aromatic rings. The number of benzene rings is 2. The number of anilines is 2. The van der Waals surface area contributed by atoms with E-state index in [0.717, 1.165) is 10.9 Å². The van der Waals surface area contributed by atoms with Crippen LogP contribution in [0.15, 0.2) is 42.7 Å². The van der Waals surface area contributed by atoms with Gasteiger partial charge in [0.25, 0.3) is 5.91 Å². The number of amides is 1. The molecule has 1 aromatic heterocycles. The number of aromatic nitrogens is 2. The minimum atomic E-state index is -2.59. The average molecular weight is 617 g/mol. The number of ether oxygens (including phenoxy) is 1. The summed E-state index contributed by atoms with van der Waals surface area (Å²) in [5, 5.41) is 10.8. The van der Waals surface area contributed by atoms with E-state index in [0.29, 0.717) is 35.6 Å². The maximum atomic E-state index is 14.4. The summed E-state index contributed by atoms with van der Waals surface area (Å²) in [6, 6.07) is 9.88. The first-order chi connectivity index (χ1) is 20.6. The van der Waals surface area contributed by atoms with Crippen LogP contribution in [0.1, 0.15) is 24.6 Å². The molecule has 5 rings (SSSR count). The molecule has 0 radical (unpaired) electrons. The summed E-state index contributed by atoms with van der Waals surface area (Å²) < 4.78 is 60.2. The van der Waals surface area contributed by atoms with Crippen LogP contribution in [0.25, 0.3) is 10.8 Å². The first kappa shape index (κ1) is 30.4. The van der Waals surface area contributed by atoms with Crippen LogP contribution in [0.4, 0.5) is 29.1 Å². The van der Waals surface area contributed by atoms with E-state index < -0.39 is 35.9 Å². The molecule has 0 spiro atoms. The van der Waals surface area contributed by atoms with Crippen molar-refractivity contribution in [2.45, 2.75) is 38.8 Å². The van der Waals surface area contributed by atoms with Gasteiger partial charge in [0, 0.05) is 42.8 Å². The highest BCUT2D eigenvalue weighted by Crippen LogP contribution is 2.38. The SMILES string of the molecule is C=C(F)C(=O)N1CCN(c2nc(OCC(C)C(F)F)nc3c2CCN(c2cccc4ccc(F)c(Cl)c24)C3)C[C@@H]1CC#N. The number of halogens is 5. The van der Waals surface area contributed by atoms with Gasteiger partial charge >= 0.3 is 6.01 Å². The maximum Gasteiger partial charge on any atom is 0.318 e. The summed E-state index contributed by atoms with van der Waals surface area (Å²) in [5.74, 6) is -3.06. The summed E-state index contributed by atoms with van der Waals surface area (Å²) >= 11 is 6.40. The zero-order chi connectivity index (χ0) is 30.8. The van der Waals surface area contributed by atoms with E-state index in [1.165, 1.54) is 17.9 Å². The van der Waals surface area contributed by atoms with Crippen LogP contribution in [-0.4, -0.2) is 66.0 Å². The number of nitriles is 1. The maximum absolute atomic E-state index is 14.4. The molecule has 8 nitrogen and oxygen atoms in total. The smallest absolute Gasteiger partial charge is 0.318 e. The number of fused-ring (bicyclic) bond motifs is 2. The Bertz CT molecular complexity index is 1600. The fourth-order valence-electron chi connectivity index (χ4n) is 5.50. The minimum Gasteiger partial charge on any atom is -0.463 e. The Kier molecular flexibility index (Phi) is 8.92. The van der Waals surface area contributed by atoms with Crippen molar-refractivity contribution in [1.82, 2.24) is 14.9 Å². The molecule has 226 valence electrons. The third-order valence-corrected chi connectivity index (χ3v) is 8.15. The van der Waals surface area contributed by atoms with Crippen LogP contribution in [0, 0.1) is 23.1 Å². The van der Waals surface area contributed by atoms with Crippen molar-refractivity contribution in [1.29, 1.82) is 5.26 Å². The van der Waals surface area contributed by atoms with Crippen molar-refractivity contribution < 1.29 is 27.1 Å². The standard InChI is InChI=1S/C30H29ClF4N6O2/c1-17(27(34)35)16-43-30-37-23-15-39(24-5-3-4-19-6-7-22(33)26(31)25(19)24)11-9-21(23)28(38-30)40-12-13-41(29(42)18(2)32)20(14-40)8-10-36/h3-7,17,20,27H,2,8-9,11-16H2,1H3/t17?,20-/m0/s1. The molecule has 3 heterocycles. The number of hydrogen-bond donors (Lipinski definition) is 0. The predicted octanol–water partition coefficient (Wildman–Crippen LogP) is 5.68. The molecular weight excluding hydrogens is 588 g/mol. The normalized spacial score (nSPS) is 17.5. The zero-order valence-electron chi connectivity index (χ0n) is 23.4. The van der Waals surface area contributed by atoms with Gasteiger partial charge in [-0.1, -0.05) is 43.3 Å². The van der Waals surface area contributed by atoms with Crippen LogP contribution in [-0.2, 0) is 17.8 Å². The number of alkyl halides is 2. The van der Waals surface area contributed by atoms with Gasteiger partial charge in [-0.2, -0.15) is 15.2 Å². The van der Waals surface area contributed by atoms with E-state index in [1.807, 2.05) is 28.0 Å². The molecular formula is C30H29ClF4N6O2. The van der Waals surface area contributed by atoms with E-state index >= 15 is 0 Å². The summed E-state index contributed by atoms with van der Waals surface area (Å²) in [7, 11) is 0. The predicted molar refractivity (Wildman–Crippen MR) is 155 cm³/mol.